The Bertz CT molecular complexity index is 1230. The van der Waals surface area contributed by atoms with Gasteiger partial charge in [-0.3, -0.25) is 4.72 Å². The first-order chi connectivity index (χ1) is 12.5. The van der Waals surface area contributed by atoms with Gasteiger partial charge in [-0.15, -0.1) is 0 Å². The zero-order valence-electron chi connectivity index (χ0n) is 13.7. The second-order valence-electron chi connectivity index (χ2n) is 5.71. The normalized spacial score (nSPS) is 11.8. The summed E-state index contributed by atoms with van der Waals surface area (Å²) in [6, 6.07) is 17.5. The summed E-state index contributed by atoms with van der Waals surface area (Å²) in [5, 5.41) is 1.81. The van der Waals surface area contributed by atoms with Crippen LogP contribution in [-0.2, 0) is 10.0 Å². The molecule has 0 spiro atoms. The Balaban J connectivity index is 1.84. The van der Waals surface area contributed by atoms with E-state index >= 15 is 0 Å². The minimum atomic E-state index is -3.77. The van der Waals surface area contributed by atoms with E-state index in [4.69, 9.17) is 9.15 Å². The molecular weight excluding hydrogens is 418 g/mol. The second kappa shape index (κ2) is 6.34. The number of sulfonamides is 1. The highest BCUT2D eigenvalue weighted by molar-refractivity contribution is 9.10. The molecule has 4 rings (SSSR count). The fourth-order valence-corrected chi connectivity index (χ4v) is 4.50. The molecule has 0 amide bonds. The molecule has 1 N–H and O–H groups in total. The Morgan fingerprint density at radius 3 is 2.54 bits per heavy atom. The number of fused-ring (bicyclic) bond motifs is 3. The summed E-state index contributed by atoms with van der Waals surface area (Å²) >= 11 is 3.29. The number of hydrogen-bond donors (Lipinski definition) is 1. The van der Waals surface area contributed by atoms with Crippen LogP contribution >= 0.6 is 15.9 Å². The fraction of sp³-hybridized carbons (Fsp3) is 0.0526. The number of ether oxygens (including phenoxy) is 1. The van der Waals surface area contributed by atoms with E-state index in [-0.39, 0.29) is 4.90 Å². The maximum absolute atomic E-state index is 12.7. The molecule has 1 aromatic heterocycles. The van der Waals surface area contributed by atoms with Crippen LogP contribution in [0.1, 0.15) is 0 Å². The molecule has 0 atom stereocenters. The Hall–Kier alpha value is -2.51. The van der Waals surface area contributed by atoms with Crippen molar-refractivity contribution >= 4 is 53.6 Å². The van der Waals surface area contributed by atoms with Crippen molar-refractivity contribution in [1.29, 1.82) is 0 Å². The summed E-state index contributed by atoms with van der Waals surface area (Å²) in [4.78, 5) is 0.152. The molecule has 0 saturated carbocycles. The van der Waals surface area contributed by atoms with E-state index in [0.717, 1.165) is 16.4 Å². The predicted molar refractivity (Wildman–Crippen MR) is 105 cm³/mol. The van der Waals surface area contributed by atoms with E-state index in [1.165, 1.54) is 19.2 Å². The largest absolute Gasteiger partial charge is 0.495 e. The van der Waals surface area contributed by atoms with Crippen LogP contribution in [0.15, 0.2) is 74.4 Å². The van der Waals surface area contributed by atoms with Gasteiger partial charge < -0.3 is 9.15 Å². The van der Waals surface area contributed by atoms with Crippen molar-refractivity contribution in [2.75, 3.05) is 11.8 Å². The van der Waals surface area contributed by atoms with Gasteiger partial charge in [-0.25, -0.2) is 8.42 Å². The van der Waals surface area contributed by atoms with Gasteiger partial charge in [-0.05, 0) is 30.3 Å². The minimum Gasteiger partial charge on any atom is -0.495 e. The Labute approximate surface area is 158 Å². The average Bonchev–Trinajstić information content (AvgIpc) is 2.98. The molecule has 0 aliphatic carbocycles. The van der Waals surface area contributed by atoms with E-state index in [9.17, 15) is 8.42 Å². The van der Waals surface area contributed by atoms with Gasteiger partial charge in [0, 0.05) is 21.3 Å². The molecule has 0 aliphatic heterocycles. The first-order valence-electron chi connectivity index (χ1n) is 7.75. The van der Waals surface area contributed by atoms with Gasteiger partial charge >= 0.3 is 0 Å². The molecule has 4 aromatic rings. The first kappa shape index (κ1) is 16.9. The van der Waals surface area contributed by atoms with Crippen LogP contribution in [0.25, 0.3) is 21.9 Å². The van der Waals surface area contributed by atoms with Gasteiger partial charge in [0.1, 0.15) is 16.9 Å². The monoisotopic (exact) mass is 431 g/mol. The second-order valence-corrected chi connectivity index (χ2v) is 8.31. The number of rotatable bonds is 4. The molecule has 0 unspecified atom stereocenters. The Kier molecular flexibility index (Phi) is 4.13. The molecule has 1 heterocycles. The van der Waals surface area contributed by atoms with E-state index in [2.05, 4.69) is 20.7 Å². The van der Waals surface area contributed by atoms with Crippen LogP contribution in [-0.4, -0.2) is 15.5 Å². The van der Waals surface area contributed by atoms with Crippen LogP contribution in [0.4, 0.5) is 5.69 Å². The van der Waals surface area contributed by atoms with Crippen molar-refractivity contribution in [2.24, 2.45) is 0 Å². The van der Waals surface area contributed by atoms with E-state index < -0.39 is 10.0 Å². The van der Waals surface area contributed by atoms with Gasteiger partial charge in [0.25, 0.3) is 10.0 Å². The average molecular weight is 432 g/mol. The van der Waals surface area contributed by atoms with E-state index in [0.29, 0.717) is 21.5 Å². The molecule has 132 valence electrons. The molecule has 7 heteroatoms. The highest BCUT2D eigenvalue weighted by Crippen LogP contribution is 2.37. The molecule has 5 nitrogen and oxygen atoms in total. The maximum atomic E-state index is 12.7. The SMILES string of the molecule is COc1cc2c(cc1NS(=O)(=O)c1cccc(Br)c1)oc1ccccc12. The lowest BCUT2D eigenvalue weighted by Crippen LogP contribution is -2.13. The summed E-state index contributed by atoms with van der Waals surface area (Å²) in [6.45, 7) is 0. The highest BCUT2D eigenvalue weighted by Gasteiger charge is 2.19. The highest BCUT2D eigenvalue weighted by atomic mass is 79.9. The summed E-state index contributed by atoms with van der Waals surface area (Å²) in [5.74, 6) is 0.419. The lowest BCUT2D eigenvalue weighted by Gasteiger charge is -2.12. The zero-order valence-corrected chi connectivity index (χ0v) is 16.1. The van der Waals surface area contributed by atoms with Crippen LogP contribution < -0.4 is 9.46 Å². The minimum absolute atomic E-state index is 0.152. The van der Waals surface area contributed by atoms with Crippen molar-refractivity contribution in [3.63, 3.8) is 0 Å². The number of hydrogen-bond acceptors (Lipinski definition) is 4. The lowest BCUT2D eigenvalue weighted by atomic mass is 10.1. The third kappa shape index (κ3) is 2.93. The van der Waals surface area contributed by atoms with Gasteiger partial charge in [-0.1, -0.05) is 40.2 Å². The maximum Gasteiger partial charge on any atom is 0.262 e. The van der Waals surface area contributed by atoms with Gasteiger partial charge in [0.05, 0.1) is 17.7 Å². The third-order valence-electron chi connectivity index (χ3n) is 4.05. The van der Waals surface area contributed by atoms with Gasteiger partial charge in [0.15, 0.2) is 0 Å². The quantitative estimate of drug-likeness (QED) is 0.484. The van der Waals surface area contributed by atoms with Crippen LogP contribution in [0.2, 0.25) is 0 Å². The molecule has 3 aromatic carbocycles. The Morgan fingerprint density at radius 2 is 1.77 bits per heavy atom. The topological polar surface area (TPSA) is 68.5 Å². The molecule has 26 heavy (non-hydrogen) atoms. The number of anilines is 1. The number of halogens is 1. The van der Waals surface area contributed by atoms with Crippen LogP contribution in [0.5, 0.6) is 5.75 Å². The Morgan fingerprint density at radius 1 is 0.962 bits per heavy atom. The number of furan rings is 1. The van der Waals surface area contributed by atoms with Crippen molar-refractivity contribution in [2.45, 2.75) is 4.90 Å². The molecule has 0 aliphatic rings. The molecule has 0 fully saturated rings. The summed E-state index contributed by atoms with van der Waals surface area (Å²) in [7, 11) is -2.27. The summed E-state index contributed by atoms with van der Waals surface area (Å²) in [5.41, 5.74) is 1.63. The van der Waals surface area contributed by atoms with Crippen molar-refractivity contribution < 1.29 is 17.6 Å². The smallest absolute Gasteiger partial charge is 0.262 e. The molecule has 0 radical (unpaired) electrons. The summed E-state index contributed by atoms with van der Waals surface area (Å²) < 4.78 is 39.9. The first-order valence-corrected chi connectivity index (χ1v) is 10.0. The van der Waals surface area contributed by atoms with Gasteiger partial charge in [-0.2, -0.15) is 0 Å². The van der Waals surface area contributed by atoms with E-state index in [1.54, 1.807) is 24.3 Å². The number of nitrogens with one attached hydrogen (secondary N) is 1. The fourth-order valence-electron chi connectivity index (χ4n) is 2.84. The lowest BCUT2D eigenvalue weighted by molar-refractivity contribution is 0.417. The number of methoxy groups -OCH3 is 1. The zero-order chi connectivity index (χ0) is 18.3. The standard InChI is InChI=1S/C19H14BrNO4S/c1-24-19-10-15-14-7-2-3-8-17(14)25-18(15)11-16(19)21-26(22,23)13-6-4-5-12(20)9-13/h2-11,21H,1H3. The van der Waals surface area contributed by atoms with E-state index in [1.807, 2.05) is 24.3 Å². The summed E-state index contributed by atoms with van der Waals surface area (Å²) in [6.07, 6.45) is 0. The van der Waals surface area contributed by atoms with Crippen LogP contribution in [0.3, 0.4) is 0 Å². The third-order valence-corrected chi connectivity index (χ3v) is 5.91. The molecular formula is C19H14BrNO4S. The molecule has 0 saturated heterocycles. The predicted octanol–water partition coefficient (Wildman–Crippen LogP) is 5.16. The van der Waals surface area contributed by atoms with Crippen LogP contribution in [0, 0.1) is 0 Å². The van der Waals surface area contributed by atoms with Crippen molar-refractivity contribution in [3.8, 4) is 5.75 Å². The number of para-hydroxylation sites is 1. The number of benzene rings is 3. The van der Waals surface area contributed by atoms with Crippen molar-refractivity contribution in [3.05, 3.63) is 65.1 Å². The van der Waals surface area contributed by atoms with Gasteiger partial charge in [0.2, 0.25) is 0 Å². The molecule has 0 bridgehead atoms. The van der Waals surface area contributed by atoms with Crippen molar-refractivity contribution in [1.82, 2.24) is 0 Å².